The summed E-state index contributed by atoms with van der Waals surface area (Å²) in [4.78, 5) is 11.6. The summed E-state index contributed by atoms with van der Waals surface area (Å²) >= 11 is 0. The lowest BCUT2D eigenvalue weighted by Gasteiger charge is -2.16. The van der Waals surface area contributed by atoms with E-state index >= 15 is 0 Å². The number of rotatable bonds is 3. The van der Waals surface area contributed by atoms with Crippen LogP contribution in [0.5, 0.6) is 11.5 Å². The van der Waals surface area contributed by atoms with Crippen LogP contribution in [0.4, 0.5) is 0 Å². The van der Waals surface area contributed by atoms with Crippen molar-refractivity contribution in [2.75, 3.05) is 0 Å². The van der Waals surface area contributed by atoms with Gasteiger partial charge in [-0.25, -0.2) is 0 Å². The fraction of sp³-hybridized carbons (Fsp3) is 0.0714. The van der Waals surface area contributed by atoms with E-state index in [1.54, 1.807) is 36.4 Å². The predicted octanol–water partition coefficient (Wildman–Crippen LogP) is 1.71. The summed E-state index contributed by atoms with van der Waals surface area (Å²) in [5, 5.41) is 19.6. The minimum Gasteiger partial charge on any atom is -0.508 e. The van der Waals surface area contributed by atoms with Gasteiger partial charge in [-0.05, 0) is 12.1 Å². The Morgan fingerprint density at radius 2 is 1.28 bits per heavy atom. The Kier molecular flexibility index (Phi) is 3.19. The highest BCUT2D eigenvalue weighted by molar-refractivity contribution is 5.87. The van der Waals surface area contributed by atoms with Crippen molar-refractivity contribution in [3.05, 3.63) is 59.7 Å². The van der Waals surface area contributed by atoms with Gasteiger partial charge in [-0.3, -0.25) is 4.79 Å². The summed E-state index contributed by atoms with van der Waals surface area (Å²) in [6.45, 7) is 0. The van der Waals surface area contributed by atoms with Gasteiger partial charge in [-0.1, -0.05) is 36.4 Å². The molecule has 0 saturated carbocycles. The lowest BCUT2D eigenvalue weighted by atomic mass is 9.89. The average Bonchev–Trinajstić information content (AvgIpc) is 2.34. The SMILES string of the molecule is NC(=O)C(c1ccccc1O)c1ccccc1O. The molecule has 0 aromatic heterocycles. The topological polar surface area (TPSA) is 83.6 Å². The maximum Gasteiger partial charge on any atom is 0.229 e. The van der Waals surface area contributed by atoms with Crippen LogP contribution in [0.25, 0.3) is 0 Å². The van der Waals surface area contributed by atoms with Crippen LogP contribution in [-0.4, -0.2) is 16.1 Å². The first kappa shape index (κ1) is 12.0. The van der Waals surface area contributed by atoms with Crippen molar-refractivity contribution in [3.63, 3.8) is 0 Å². The number of phenolic OH excluding ortho intramolecular Hbond substituents is 2. The van der Waals surface area contributed by atoms with E-state index in [-0.39, 0.29) is 11.5 Å². The summed E-state index contributed by atoms with van der Waals surface area (Å²) in [6, 6.07) is 12.9. The van der Waals surface area contributed by atoms with Gasteiger partial charge in [0, 0.05) is 11.1 Å². The molecule has 0 saturated heterocycles. The number of amides is 1. The number of nitrogens with two attached hydrogens (primary N) is 1. The number of para-hydroxylation sites is 2. The van der Waals surface area contributed by atoms with Crippen molar-refractivity contribution in [3.8, 4) is 11.5 Å². The Morgan fingerprint density at radius 3 is 1.61 bits per heavy atom. The first-order valence-electron chi connectivity index (χ1n) is 5.46. The van der Waals surface area contributed by atoms with Crippen molar-refractivity contribution in [1.82, 2.24) is 0 Å². The molecule has 2 aromatic rings. The minimum atomic E-state index is -0.868. The molecule has 2 rings (SSSR count). The fourth-order valence-electron chi connectivity index (χ4n) is 1.94. The molecule has 4 N–H and O–H groups in total. The number of carbonyl (C=O) groups is 1. The lowest BCUT2D eigenvalue weighted by Crippen LogP contribution is -2.22. The van der Waals surface area contributed by atoms with Crippen molar-refractivity contribution in [2.45, 2.75) is 5.92 Å². The maximum atomic E-state index is 11.6. The zero-order valence-corrected chi connectivity index (χ0v) is 9.58. The first-order chi connectivity index (χ1) is 8.61. The normalized spacial score (nSPS) is 10.5. The van der Waals surface area contributed by atoms with E-state index < -0.39 is 11.8 Å². The van der Waals surface area contributed by atoms with Gasteiger partial charge in [0.1, 0.15) is 11.5 Å². The monoisotopic (exact) mass is 243 g/mol. The first-order valence-corrected chi connectivity index (χ1v) is 5.46. The molecule has 4 nitrogen and oxygen atoms in total. The van der Waals surface area contributed by atoms with Crippen LogP contribution < -0.4 is 5.73 Å². The van der Waals surface area contributed by atoms with Crippen molar-refractivity contribution in [1.29, 1.82) is 0 Å². The number of hydrogen-bond acceptors (Lipinski definition) is 3. The predicted molar refractivity (Wildman–Crippen MR) is 67.3 cm³/mol. The molecule has 1 amide bonds. The lowest BCUT2D eigenvalue weighted by molar-refractivity contribution is -0.118. The molecule has 0 heterocycles. The second kappa shape index (κ2) is 4.79. The highest BCUT2D eigenvalue weighted by atomic mass is 16.3. The largest absolute Gasteiger partial charge is 0.508 e. The molecule has 2 aromatic carbocycles. The standard InChI is InChI=1S/C14H13NO3/c15-14(18)13(9-5-1-3-7-11(9)16)10-6-2-4-8-12(10)17/h1-8,13,16-17H,(H2,15,18). The molecule has 92 valence electrons. The molecular weight excluding hydrogens is 230 g/mol. The number of phenols is 2. The smallest absolute Gasteiger partial charge is 0.229 e. The molecular formula is C14H13NO3. The number of benzene rings is 2. The van der Waals surface area contributed by atoms with Crippen LogP contribution in [0.3, 0.4) is 0 Å². The van der Waals surface area contributed by atoms with Crippen molar-refractivity contribution < 1.29 is 15.0 Å². The van der Waals surface area contributed by atoms with Gasteiger partial charge in [0.2, 0.25) is 5.91 Å². The van der Waals surface area contributed by atoms with Crippen molar-refractivity contribution in [2.24, 2.45) is 5.73 Å². The van der Waals surface area contributed by atoms with Crippen LogP contribution in [0, 0.1) is 0 Å². The Balaban J connectivity index is 2.58. The van der Waals surface area contributed by atoms with Gasteiger partial charge in [-0.2, -0.15) is 0 Å². The van der Waals surface area contributed by atoms with E-state index in [9.17, 15) is 15.0 Å². The van der Waals surface area contributed by atoms with Gasteiger partial charge in [-0.15, -0.1) is 0 Å². The summed E-state index contributed by atoms with van der Waals surface area (Å²) in [7, 11) is 0. The Labute approximate surface area is 104 Å². The third-order valence-corrected chi connectivity index (χ3v) is 2.78. The zero-order chi connectivity index (χ0) is 13.1. The van der Waals surface area contributed by atoms with E-state index in [4.69, 9.17) is 5.73 Å². The van der Waals surface area contributed by atoms with E-state index in [1.165, 1.54) is 12.1 Å². The van der Waals surface area contributed by atoms with Crippen LogP contribution in [-0.2, 0) is 4.79 Å². The van der Waals surface area contributed by atoms with Gasteiger partial charge >= 0.3 is 0 Å². The molecule has 0 atom stereocenters. The molecule has 0 aliphatic rings. The number of hydrogen-bond donors (Lipinski definition) is 3. The van der Waals surface area contributed by atoms with E-state index in [1.807, 2.05) is 0 Å². The quantitative estimate of drug-likeness (QED) is 0.767. The molecule has 4 heteroatoms. The van der Waals surface area contributed by atoms with Crippen LogP contribution >= 0.6 is 0 Å². The number of primary amides is 1. The molecule has 0 unspecified atom stereocenters. The van der Waals surface area contributed by atoms with Crippen LogP contribution in [0.15, 0.2) is 48.5 Å². The second-order valence-electron chi connectivity index (χ2n) is 3.95. The molecule has 0 aliphatic heterocycles. The van der Waals surface area contributed by atoms with E-state index in [0.29, 0.717) is 11.1 Å². The van der Waals surface area contributed by atoms with Crippen LogP contribution in [0.2, 0.25) is 0 Å². The average molecular weight is 243 g/mol. The molecule has 18 heavy (non-hydrogen) atoms. The number of carbonyl (C=O) groups excluding carboxylic acids is 1. The summed E-state index contributed by atoms with van der Waals surface area (Å²) in [5.74, 6) is -1.54. The third kappa shape index (κ3) is 2.13. The highest BCUT2D eigenvalue weighted by Gasteiger charge is 2.25. The summed E-state index contributed by atoms with van der Waals surface area (Å²) in [5.41, 5.74) is 6.14. The molecule has 0 spiro atoms. The van der Waals surface area contributed by atoms with E-state index in [0.717, 1.165) is 0 Å². The Bertz CT molecular complexity index is 535. The van der Waals surface area contributed by atoms with Gasteiger partial charge in [0.05, 0.1) is 5.92 Å². The Morgan fingerprint density at radius 1 is 0.889 bits per heavy atom. The van der Waals surface area contributed by atoms with Gasteiger partial charge < -0.3 is 15.9 Å². The third-order valence-electron chi connectivity index (χ3n) is 2.78. The Hall–Kier alpha value is -2.49. The van der Waals surface area contributed by atoms with Gasteiger partial charge in [0.15, 0.2) is 0 Å². The minimum absolute atomic E-state index is 0.0236. The molecule has 0 bridgehead atoms. The summed E-state index contributed by atoms with van der Waals surface area (Å²) in [6.07, 6.45) is 0. The molecule has 0 aliphatic carbocycles. The molecule has 0 radical (unpaired) electrons. The van der Waals surface area contributed by atoms with Crippen molar-refractivity contribution >= 4 is 5.91 Å². The number of aromatic hydroxyl groups is 2. The van der Waals surface area contributed by atoms with Crippen LogP contribution in [0.1, 0.15) is 17.0 Å². The fourth-order valence-corrected chi connectivity index (χ4v) is 1.94. The highest BCUT2D eigenvalue weighted by Crippen LogP contribution is 2.34. The zero-order valence-electron chi connectivity index (χ0n) is 9.58. The van der Waals surface area contributed by atoms with E-state index in [2.05, 4.69) is 0 Å². The van der Waals surface area contributed by atoms with Gasteiger partial charge in [0.25, 0.3) is 0 Å². The summed E-state index contributed by atoms with van der Waals surface area (Å²) < 4.78 is 0. The molecule has 0 fully saturated rings. The maximum absolute atomic E-state index is 11.6. The second-order valence-corrected chi connectivity index (χ2v) is 3.95.